The van der Waals surface area contributed by atoms with Gasteiger partial charge in [0.1, 0.15) is 5.82 Å². The largest absolute Gasteiger partial charge is 0.370 e. The molecule has 3 heteroatoms. The van der Waals surface area contributed by atoms with Gasteiger partial charge in [-0.15, -0.1) is 0 Å². The summed E-state index contributed by atoms with van der Waals surface area (Å²) in [6.07, 6.45) is 1.11. The Kier molecular flexibility index (Phi) is 3.44. The Hall–Kier alpha value is -1.09. The molecular formula is C13H19FN2. The Morgan fingerprint density at radius 2 is 2.25 bits per heavy atom. The first-order valence-corrected chi connectivity index (χ1v) is 5.92. The van der Waals surface area contributed by atoms with Crippen LogP contribution < -0.4 is 10.2 Å². The van der Waals surface area contributed by atoms with Gasteiger partial charge in [-0.1, -0.05) is 6.07 Å². The van der Waals surface area contributed by atoms with E-state index in [1.165, 1.54) is 6.07 Å². The van der Waals surface area contributed by atoms with Crippen LogP contribution in [0.3, 0.4) is 0 Å². The Balaban J connectivity index is 2.24. The van der Waals surface area contributed by atoms with Crippen molar-refractivity contribution in [2.75, 3.05) is 24.5 Å². The molecule has 1 heterocycles. The molecular weight excluding hydrogens is 203 g/mol. The van der Waals surface area contributed by atoms with Crippen LogP contribution in [0.1, 0.15) is 18.9 Å². The lowest BCUT2D eigenvalue weighted by atomic mass is 10.1. The van der Waals surface area contributed by atoms with E-state index in [0.717, 1.165) is 37.3 Å². The van der Waals surface area contributed by atoms with E-state index < -0.39 is 0 Å². The summed E-state index contributed by atoms with van der Waals surface area (Å²) >= 11 is 0. The highest BCUT2D eigenvalue weighted by Gasteiger charge is 2.16. The van der Waals surface area contributed by atoms with Gasteiger partial charge in [-0.25, -0.2) is 4.39 Å². The summed E-state index contributed by atoms with van der Waals surface area (Å²) in [5.41, 5.74) is 1.80. The second-order valence-corrected chi connectivity index (χ2v) is 4.54. The van der Waals surface area contributed by atoms with Crippen LogP contribution in [0.4, 0.5) is 10.1 Å². The fourth-order valence-electron chi connectivity index (χ4n) is 2.26. The van der Waals surface area contributed by atoms with E-state index in [0.29, 0.717) is 6.04 Å². The SMILES string of the molecule is Cc1c(F)cccc1N1CCCNC(C)C1. The monoisotopic (exact) mass is 222 g/mol. The molecule has 0 amide bonds. The fourth-order valence-corrected chi connectivity index (χ4v) is 2.26. The number of benzene rings is 1. The Morgan fingerprint density at radius 3 is 3.06 bits per heavy atom. The minimum absolute atomic E-state index is 0.109. The summed E-state index contributed by atoms with van der Waals surface area (Å²) in [5.74, 6) is -0.109. The smallest absolute Gasteiger partial charge is 0.128 e. The highest BCUT2D eigenvalue weighted by Crippen LogP contribution is 2.23. The predicted octanol–water partition coefficient (Wildman–Crippen LogP) is 2.32. The molecule has 0 spiro atoms. The molecule has 1 aromatic rings. The topological polar surface area (TPSA) is 15.3 Å². The molecule has 1 fully saturated rings. The number of nitrogens with one attached hydrogen (secondary N) is 1. The molecule has 1 aromatic carbocycles. The number of hydrogen-bond donors (Lipinski definition) is 1. The molecule has 1 unspecified atom stereocenters. The van der Waals surface area contributed by atoms with E-state index in [1.54, 1.807) is 6.07 Å². The molecule has 16 heavy (non-hydrogen) atoms. The highest BCUT2D eigenvalue weighted by atomic mass is 19.1. The maximum atomic E-state index is 13.5. The van der Waals surface area contributed by atoms with Crippen LogP contribution in [-0.2, 0) is 0 Å². The summed E-state index contributed by atoms with van der Waals surface area (Å²) in [7, 11) is 0. The molecule has 0 radical (unpaired) electrons. The second kappa shape index (κ2) is 4.83. The van der Waals surface area contributed by atoms with E-state index in [1.807, 2.05) is 13.0 Å². The van der Waals surface area contributed by atoms with Crippen molar-refractivity contribution < 1.29 is 4.39 Å². The van der Waals surface area contributed by atoms with Crippen LogP contribution in [-0.4, -0.2) is 25.7 Å². The summed E-state index contributed by atoms with van der Waals surface area (Å²) in [6, 6.07) is 5.79. The van der Waals surface area contributed by atoms with Crippen molar-refractivity contribution in [3.8, 4) is 0 Å². The molecule has 0 bridgehead atoms. The van der Waals surface area contributed by atoms with Crippen molar-refractivity contribution >= 4 is 5.69 Å². The van der Waals surface area contributed by atoms with E-state index in [-0.39, 0.29) is 5.82 Å². The van der Waals surface area contributed by atoms with Gasteiger partial charge in [0.05, 0.1) is 0 Å². The van der Waals surface area contributed by atoms with Gasteiger partial charge in [-0.05, 0) is 38.9 Å². The zero-order valence-electron chi connectivity index (χ0n) is 9.96. The maximum absolute atomic E-state index is 13.5. The molecule has 0 aromatic heterocycles. The van der Waals surface area contributed by atoms with Crippen LogP contribution in [0.25, 0.3) is 0 Å². The number of halogens is 1. The first-order chi connectivity index (χ1) is 7.68. The van der Waals surface area contributed by atoms with E-state index in [4.69, 9.17) is 0 Å². The molecule has 1 atom stereocenters. The predicted molar refractivity (Wildman–Crippen MR) is 65.4 cm³/mol. The molecule has 2 rings (SSSR count). The van der Waals surface area contributed by atoms with Crippen LogP contribution >= 0.6 is 0 Å². The van der Waals surface area contributed by atoms with Gasteiger partial charge in [0.25, 0.3) is 0 Å². The van der Waals surface area contributed by atoms with E-state index >= 15 is 0 Å². The zero-order chi connectivity index (χ0) is 11.5. The Morgan fingerprint density at radius 1 is 1.44 bits per heavy atom. The molecule has 1 saturated heterocycles. The first kappa shape index (κ1) is 11.4. The Labute approximate surface area is 96.5 Å². The second-order valence-electron chi connectivity index (χ2n) is 4.54. The summed E-state index contributed by atoms with van der Waals surface area (Å²) in [4.78, 5) is 2.28. The first-order valence-electron chi connectivity index (χ1n) is 5.92. The molecule has 1 N–H and O–H groups in total. The molecule has 1 aliphatic rings. The van der Waals surface area contributed by atoms with Crippen molar-refractivity contribution in [2.24, 2.45) is 0 Å². The van der Waals surface area contributed by atoms with Gasteiger partial charge in [0, 0.05) is 30.4 Å². The van der Waals surface area contributed by atoms with Crippen molar-refractivity contribution in [1.82, 2.24) is 5.32 Å². The lowest BCUT2D eigenvalue weighted by Crippen LogP contribution is -2.35. The molecule has 0 aliphatic carbocycles. The number of nitrogens with zero attached hydrogens (tertiary/aromatic N) is 1. The van der Waals surface area contributed by atoms with Crippen molar-refractivity contribution in [1.29, 1.82) is 0 Å². The van der Waals surface area contributed by atoms with Gasteiger partial charge in [0.2, 0.25) is 0 Å². The van der Waals surface area contributed by atoms with Gasteiger partial charge in [-0.3, -0.25) is 0 Å². The Bertz CT molecular complexity index is 365. The van der Waals surface area contributed by atoms with Gasteiger partial charge in [0.15, 0.2) is 0 Å². The molecule has 0 saturated carbocycles. The quantitative estimate of drug-likeness (QED) is 0.784. The third kappa shape index (κ3) is 2.35. The van der Waals surface area contributed by atoms with Crippen molar-refractivity contribution in [3.63, 3.8) is 0 Å². The normalized spacial score (nSPS) is 21.9. The number of rotatable bonds is 1. The highest BCUT2D eigenvalue weighted by molar-refractivity contribution is 5.53. The minimum atomic E-state index is -0.109. The van der Waals surface area contributed by atoms with Crippen LogP contribution in [0, 0.1) is 12.7 Å². The zero-order valence-corrected chi connectivity index (χ0v) is 9.96. The standard InChI is InChI=1S/C13H19FN2/c1-10-9-16(8-4-7-15-10)13-6-3-5-12(14)11(13)2/h3,5-6,10,15H,4,7-9H2,1-2H3. The lowest BCUT2D eigenvalue weighted by Gasteiger charge is -2.26. The van der Waals surface area contributed by atoms with Crippen molar-refractivity contribution in [3.05, 3.63) is 29.6 Å². The number of hydrogen-bond acceptors (Lipinski definition) is 2. The van der Waals surface area contributed by atoms with Gasteiger partial charge >= 0.3 is 0 Å². The lowest BCUT2D eigenvalue weighted by molar-refractivity contribution is 0.583. The third-order valence-corrected chi connectivity index (χ3v) is 3.17. The van der Waals surface area contributed by atoms with Crippen LogP contribution in [0.2, 0.25) is 0 Å². The van der Waals surface area contributed by atoms with Crippen LogP contribution in [0.15, 0.2) is 18.2 Å². The minimum Gasteiger partial charge on any atom is -0.370 e. The fraction of sp³-hybridized carbons (Fsp3) is 0.538. The summed E-state index contributed by atoms with van der Waals surface area (Å²) in [6.45, 7) is 7.03. The van der Waals surface area contributed by atoms with Gasteiger partial charge in [-0.2, -0.15) is 0 Å². The summed E-state index contributed by atoms with van der Waals surface area (Å²) in [5, 5.41) is 3.44. The van der Waals surface area contributed by atoms with Gasteiger partial charge < -0.3 is 10.2 Å². The number of anilines is 1. The third-order valence-electron chi connectivity index (χ3n) is 3.17. The van der Waals surface area contributed by atoms with E-state index in [9.17, 15) is 4.39 Å². The van der Waals surface area contributed by atoms with Crippen molar-refractivity contribution in [2.45, 2.75) is 26.3 Å². The van der Waals surface area contributed by atoms with Crippen LogP contribution in [0.5, 0.6) is 0 Å². The maximum Gasteiger partial charge on any atom is 0.128 e. The van der Waals surface area contributed by atoms with E-state index in [2.05, 4.69) is 17.1 Å². The average Bonchev–Trinajstić information content (AvgIpc) is 2.47. The summed E-state index contributed by atoms with van der Waals surface area (Å²) < 4.78 is 13.5. The molecule has 1 aliphatic heterocycles. The molecule has 2 nitrogen and oxygen atoms in total. The molecule has 88 valence electrons. The average molecular weight is 222 g/mol.